The van der Waals surface area contributed by atoms with Gasteiger partial charge in [-0.2, -0.15) is 0 Å². The molecule has 5 nitrogen and oxygen atoms in total. The van der Waals surface area contributed by atoms with Crippen molar-refractivity contribution < 1.29 is 14.3 Å². The second kappa shape index (κ2) is 8.08. The van der Waals surface area contributed by atoms with Crippen LogP contribution in [0.25, 0.3) is 33.6 Å². The highest BCUT2D eigenvalue weighted by atomic mass is 32.1. The molecule has 0 amide bonds. The summed E-state index contributed by atoms with van der Waals surface area (Å²) in [7, 11) is 1.65. The molecule has 3 aromatic carbocycles. The van der Waals surface area contributed by atoms with Crippen molar-refractivity contribution >= 4 is 27.4 Å². The maximum absolute atomic E-state index is 10.00. The summed E-state index contributed by atoms with van der Waals surface area (Å²) in [4.78, 5) is 9.47. The van der Waals surface area contributed by atoms with Gasteiger partial charge in [-0.25, -0.2) is 9.98 Å². The van der Waals surface area contributed by atoms with Crippen molar-refractivity contribution in [1.29, 1.82) is 0 Å². The van der Waals surface area contributed by atoms with Crippen molar-refractivity contribution in [2.75, 3.05) is 7.11 Å². The minimum atomic E-state index is 0.157. The first-order chi connectivity index (χ1) is 15.2. The van der Waals surface area contributed by atoms with Crippen LogP contribution in [0.3, 0.4) is 0 Å². The first-order valence-corrected chi connectivity index (χ1v) is 10.5. The van der Waals surface area contributed by atoms with Crippen molar-refractivity contribution in [3.05, 3.63) is 89.6 Å². The number of hydrogen-bond donors (Lipinski definition) is 1. The summed E-state index contributed by atoms with van der Waals surface area (Å²) < 4.78 is 11.3. The summed E-state index contributed by atoms with van der Waals surface area (Å²) in [6, 6.07) is 24.5. The van der Waals surface area contributed by atoms with Gasteiger partial charge in [-0.05, 0) is 42.5 Å². The lowest BCUT2D eigenvalue weighted by atomic mass is 10.1. The molecule has 5 rings (SSSR count). The van der Waals surface area contributed by atoms with E-state index in [0.29, 0.717) is 21.8 Å². The van der Waals surface area contributed by atoms with E-state index in [1.165, 1.54) is 11.3 Å². The summed E-state index contributed by atoms with van der Waals surface area (Å²) in [6.07, 6.45) is 0. The molecule has 0 fully saturated rings. The number of aromatic nitrogens is 1. The van der Waals surface area contributed by atoms with E-state index in [2.05, 4.69) is 4.98 Å². The Bertz CT molecular complexity index is 1420. The van der Waals surface area contributed by atoms with Crippen LogP contribution in [0.5, 0.6) is 11.5 Å². The Labute approximate surface area is 182 Å². The van der Waals surface area contributed by atoms with Crippen LogP contribution < -0.4 is 10.1 Å². The third-order valence-electron chi connectivity index (χ3n) is 4.88. The predicted octanol–water partition coefficient (Wildman–Crippen LogP) is 6.17. The summed E-state index contributed by atoms with van der Waals surface area (Å²) in [6.45, 7) is 0. The summed E-state index contributed by atoms with van der Waals surface area (Å²) in [5, 5.41) is 14.0. The number of aromatic hydroxyl groups is 1. The topological polar surface area (TPSA) is 67.9 Å². The lowest BCUT2D eigenvalue weighted by Gasteiger charge is -2.05. The maximum Gasteiger partial charge on any atom is 0.210 e. The Kier molecular flexibility index (Phi) is 4.98. The second-order valence-corrected chi connectivity index (χ2v) is 7.73. The standard InChI is InChI=1S/C25H18N2O3S/c1-29-19-10-7-16(8-11-19)22-15-31-25(27-22)26-21-14-24(17-5-3-2-4-6-17)30-23-12-9-18(28)13-20(21)23/h2-15,28H,1H3/b26-21+. The van der Waals surface area contributed by atoms with Gasteiger partial charge in [0.05, 0.1) is 18.2 Å². The highest BCUT2D eigenvalue weighted by Crippen LogP contribution is 2.29. The average molecular weight is 426 g/mol. The molecule has 0 saturated carbocycles. The summed E-state index contributed by atoms with van der Waals surface area (Å²) in [5.41, 5.74) is 3.44. The number of phenolic OH excluding ortho intramolecular Hbond substituents is 1. The molecule has 0 atom stereocenters. The van der Waals surface area contributed by atoms with Gasteiger partial charge in [-0.3, -0.25) is 0 Å². The molecule has 0 bridgehead atoms. The average Bonchev–Trinajstić information content (AvgIpc) is 3.28. The number of ether oxygens (including phenoxy) is 1. The van der Waals surface area contributed by atoms with Crippen LogP contribution in [0.1, 0.15) is 0 Å². The molecule has 0 aliphatic heterocycles. The predicted molar refractivity (Wildman–Crippen MR) is 123 cm³/mol. The van der Waals surface area contributed by atoms with E-state index in [9.17, 15) is 5.11 Å². The van der Waals surface area contributed by atoms with E-state index in [0.717, 1.165) is 28.0 Å². The Balaban J connectivity index is 1.63. The van der Waals surface area contributed by atoms with Crippen LogP contribution in [-0.4, -0.2) is 17.2 Å². The normalized spacial score (nSPS) is 11.7. The second-order valence-electron chi connectivity index (χ2n) is 6.90. The van der Waals surface area contributed by atoms with Crippen molar-refractivity contribution in [2.45, 2.75) is 0 Å². The maximum atomic E-state index is 10.00. The van der Waals surface area contributed by atoms with E-state index in [-0.39, 0.29) is 5.75 Å². The lowest BCUT2D eigenvalue weighted by Crippen LogP contribution is -2.03. The first kappa shape index (κ1) is 19.1. The van der Waals surface area contributed by atoms with Gasteiger partial charge in [0, 0.05) is 28.0 Å². The molecule has 1 N–H and O–H groups in total. The van der Waals surface area contributed by atoms with Gasteiger partial charge < -0.3 is 14.3 Å². The molecule has 5 aromatic rings. The molecule has 0 unspecified atom stereocenters. The number of rotatable bonds is 4. The fourth-order valence-electron chi connectivity index (χ4n) is 3.31. The summed E-state index contributed by atoms with van der Waals surface area (Å²) in [5.74, 6) is 1.66. The fraction of sp³-hybridized carbons (Fsp3) is 0.0400. The van der Waals surface area contributed by atoms with Crippen LogP contribution in [0.15, 0.2) is 93.7 Å². The molecular weight excluding hydrogens is 408 g/mol. The van der Waals surface area contributed by atoms with E-state index in [1.54, 1.807) is 25.3 Å². The van der Waals surface area contributed by atoms with E-state index >= 15 is 0 Å². The number of thiazole rings is 1. The molecule has 0 spiro atoms. The Hall–Kier alpha value is -3.90. The molecule has 2 heterocycles. The Morgan fingerprint density at radius 3 is 2.52 bits per heavy atom. The van der Waals surface area contributed by atoms with Crippen molar-refractivity contribution in [3.63, 3.8) is 0 Å². The third-order valence-corrected chi connectivity index (χ3v) is 5.61. The minimum Gasteiger partial charge on any atom is -0.508 e. The van der Waals surface area contributed by atoms with Gasteiger partial charge in [0.1, 0.15) is 22.8 Å². The van der Waals surface area contributed by atoms with Crippen LogP contribution >= 0.6 is 11.3 Å². The van der Waals surface area contributed by atoms with Crippen molar-refractivity contribution in [3.8, 4) is 34.1 Å². The number of hydrogen-bond acceptors (Lipinski definition) is 6. The zero-order valence-corrected chi connectivity index (χ0v) is 17.5. The van der Waals surface area contributed by atoms with Gasteiger partial charge in [-0.15, -0.1) is 11.3 Å². The molecule has 0 saturated heterocycles. The number of fused-ring (bicyclic) bond motifs is 1. The third kappa shape index (κ3) is 3.93. The monoisotopic (exact) mass is 426 g/mol. The van der Waals surface area contributed by atoms with Crippen molar-refractivity contribution in [1.82, 2.24) is 4.98 Å². The van der Waals surface area contributed by atoms with Crippen LogP contribution in [-0.2, 0) is 0 Å². The molecule has 6 heteroatoms. The van der Waals surface area contributed by atoms with Gasteiger partial charge in [0.2, 0.25) is 5.13 Å². The number of nitrogens with zero attached hydrogens (tertiary/aromatic N) is 2. The van der Waals surface area contributed by atoms with Crippen LogP contribution in [0.4, 0.5) is 5.13 Å². The highest BCUT2D eigenvalue weighted by Gasteiger charge is 2.09. The molecule has 2 aromatic heterocycles. The molecule has 152 valence electrons. The van der Waals surface area contributed by atoms with Gasteiger partial charge in [0.15, 0.2) is 0 Å². The van der Waals surface area contributed by atoms with E-state index < -0.39 is 0 Å². The van der Waals surface area contributed by atoms with Crippen molar-refractivity contribution in [2.24, 2.45) is 4.99 Å². The molecule has 0 aliphatic carbocycles. The van der Waals surface area contributed by atoms with E-state index in [4.69, 9.17) is 14.1 Å². The number of benzene rings is 3. The molecular formula is C25H18N2O3S. The zero-order chi connectivity index (χ0) is 21.2. The Morgan fingerprint density at radius 2 is 1.74 bits per heavy atom. The summed E-state index contributed by atoms with van der Waals surface area (Å²) >= 11 is 1.46. The largest absolute Gasteiger partial charge is 0.508 e. The molecule has 0 radical (unpaired) electrons. The SMILES string of the molecule is COc1ccc(-c2csc(/N=c3\cc(-c4ccccc4)oc4ccc(O)cc34)n2)cc1. The fourth-order valence-corrected chi connectivity index (χ4v) is 4.02. The smallest absolute Gasteiger partial charge is 0.210 e. The van der Waals surface area contributed by atoms with Crippen LogP contribution in [0, 0.1) is 0 Å². The minimum absolute atomic E-state index is 0.157. The number of phenols is 1. The highest BCUT2D eigenvalue weighted by molar-refractivity contribution is 7.13. The zero-order valence-electron chi connectivity index (χ0n) is 16.6. The lowest BCUT2D eigenvalue weighted by molar-refractivity contribution is 0.415. The van der Waals surface area contributed by atoms with E-state index in [1.807, 2.05) is 66.0 Å². The molecule has 31 heavy (non-hydrogen) atoms. The number of methoxy groups -OCH3 is 1. The Morgan fingerprint density at radius 1 is 0.935 bits per heavy atom. The van der Waals surface area contributed by atoms with Gasteiger partial charge >= 0.3 is 0 Å². The van der Waals surface area contributed by atoms with Crippen LogP contribution in [0.2, 0.25) is 0 Å². The van der Waals surface area contributed by atoms with Gasteiger partial charge in [-0.1, -0.05) is 30.3 Å². The quantitative estimate of drug-likeness (QED) is 0.373. The van der Waals surface area contributed by atoms with Gasteiger partial charge in [0.25, 0.3) is 0 Å². The molecule has 0 aliphatic rings. The first-order valence-electron chi connectivity index (χ1n) is 9.66.